The molecule has 0 amide bonds. The van der Waals surface area contributed by atoms with Gasteiger partial charge in [-0.2, -0.15) is 5.26 Å². The van der Waals surface area contributed by atoms with Crippen LogP contribution in [0.5, 0.6) is 0 Å². The van der Waals surface area contributed by atoms with Crippen LogP contribution < -0.4 is 0 Å². The summed E-state index contributed by atoms with van der Waals surface area (Å²) < 4.78 is 10.6. The maximum atomic E-state index is 10.6. The molecule has 1 aromatic rings. The molecule has 0 aromatic carbocycles. The molecule has 1 rings (SSSR count). The number of aromatic nitrogens is 1. The molecule has 13 heavy (non-hydrogen) atoms. The summed E-state index contributed by atoms with van der Waals surface area (Å²) in [5, 5.41) is 8.45. The van der Waals surface area contributed by atoms with Crippen LogP contribution >= 0.6 is 7.60 Å². The SMILES string of the molecule is N#Cc1cccc(CP(=O)(O)O)n1. The molecule has 2 N–H and O–H groups in total. The van der Waals surface area contributed by atoms with Gasteiger partial charge >= 0.3 is 7.60 Å². The van der Waals surface area contributed by atoms with Crippen LogP contribution in [0.15, 0.2) is 18.2 Å². The van der Waals surface area contributed by atoms with Gasteiger partial charge in [-0.1, -0.05) is 6.07 Å². The van der Waals surface area contributed by atoms with Crippen LogP contribution in [0.3, 0.4) is 0 Å². The molecule has 0 unspecified atom stereocenters. The third-order valence-corrected chi connectivity index (χ3v) is 2.03. The Kier molecular flexibility index (Phi) is 2.79. The van der Waals surface area contributed by atoms with Crippen molar-refractivity contribution < 1.29 is 14.4 Å². The summed E-state index contributed by atoms with van der Waals surface area (Å²) in [6.45, 7) is 0. The van der Waals surface area contributed by atoms with Crippen molar-refractivity contribution in [2.75, 3.05) is 0 Å². The van der Waals surface area contributed by atoms with Gasteiger partial charge in [-0.05, 0) is 12.1 Å². The van der Waals surface area contributed by atoms with E-state index in [0.29, 0.717) is 0 Å². The molecule has 0 fully saturated rings. The molecule has 0 spiro atoms. The topological polar surface area (TPSA) is 94.2 Å². The highest BCUT2D eigenvalue weighted by atomic mass is 31.2. The fourth-order valence-corrected chi connectivity index (χ4v) is 1.44. The van der Waals surface area contributed by atoms with E-state index in [0.717, 1.165) is 0 Å². The Morgan fingerprint density at radius 2 is 2.23 bits per heavy atom. The third-order valence-electron chi connectivity index (χ3n) is 1.29. The minimum absolute atomic E-state index is 0.158. The molecule has 0 aliphatic carbocycles. The highest BCUT2D eigenvalue weighted by molar-refractivity contribution is 7.50. The van der Waals surface area contributed by atoms with E-state index in [1.165, 1.54) is 18.2 Å². The number of nitriles is 1. The molecular formula is C7H7N2O3P. The van der Waals surface area contributed by atoms with Crippen molar-refractivity contribution in [3.05, 3.63) is 29.6 Å². The summed E-state index contributed by atoms with van der Waals surface area (Å²) in [6.07, 6.45) is -0.428. The quantitative estimate of drug-likeness (QED) is 0.679. The Balaban J connectivity index is 2.92. The Bertz CT molecular complexity index is 393. The predicted octanol–water partition coefficient (Wildman–Crippen LogP) is 0.631. The highest BCUT2D eigenvalue weighted by Crippen LogP contribution is 2.38. The maximum Gasteiger partial charge on any atom is 0.331 e. The van der Waals surface area contributed by atoms with Crippen LogP contribution in [0.1, 0.15) is 11.4 Å². The summed E-state index contributed by atoms with van der Waals surface area (Å²) in [6, 6.07) is 6.27. The smallest absolute Gasteiger partial charge is 0.324 e. The first-order valence-corrected chi connectivity index (χ1v) is 5.21. The van der Waals surface area contributed by atoms with Crippen molar-refractivity contribution in [3.63, 3.8) is 0 Å². The number of hydrogen-bond acceptors (Lipinski definition) is 3. The van der Waals surface area contributed by atoms with Gasteiger partial charge in [0.1, 0.15) is 11.8 Å². The van der Waals surface area contributed by atoms with Crippen molar-refractivity contribution in [2.24, 2.45) is 0 Å². The van der Waals surface area contributed by atoms with Crippen molar-refractivity contribution in [1.82, 2.24) is 4.98 Å². The fourth-order valence-electron chi connectivity index (χ4n) is 0.841. The molecular weight excluding hydrogens is 191 g/mol. The lowest BCUT2D eigenvalue weighted by Crippen LogP contribution is -1.92. The van der Waals surface area contributed by atoms with E-state index in [1.54, 1.807) is 6.07 Å². The molecule has 5 nitrogen and oxygen atoms in total. The largest absolute Gasteiger partial charge is 0.331 e. The predicted molar refractivity (Wildman–Crippen MR) is 44.7 cm³/mol. The minimum Gasteiger partial charge on any atom is -0.324 e. The van der Waals surface area contributed by atoms with E-state index in [9.17, 15) is 4.57 Å². The Labute approximate surface area is 74.8 Å². The second-order valence-electron chi connectivity index (χ2n) is 2.45. The molecule has 68 valence electrons. The first-order valence-electron chi connectivity index (χ1n) is 3.42. The van der Waals surface area contributed by atoms with Crippen LogP contribution in [0.25, 0.3) is 0 Å². The van der Waals surface area contributed by atoms with Crippen LogP contribution in [0, 0.1) is 11.3 Å². The second-order valence-corrected chi connectivity index (χ2v) is 4.09. The molecule has 0 saturated carbocycles. The first kappa shape index (κ1) is 9.87. The van der Waals surface area contributed by atoms with Gasteiger partial charge in [0.2, 0.25) is 0 Å². The molecule has 0 aliphatic heterocycles. The average molecular weight is 198 g/mol. The van der Waals surface area contributed by atoms with E-state index in [-0.39, 0.29) is 11.4 Å². The van der Waals surface area contributed by atoms with Gasteiger partial charge < -0.3 is 9.79 Å². The van der Waals surface area contributed by atoms with Gasteiger partial charge in [-0.25, -0.2) is 4.98 Å². The molecule has 1 aromatic heterocycles. The zero-order valence-corrected chi connectivity index (χ0v) is 7.48. The van der Waals surface area contributed by atoms with Crippen molar-refractivity contribution >= 4 is 7.60 Å². The second kappa shape index (κ2) is 3.67. The zero-order chi connectivity index (χ0) is 9.90. The number of pyridine rings is 1. The molecule has 6 heteroatoms. The number of rotatable bonds is 2. The molecule has 0 radical (unpaired) electrons. The van der Waals surface area contributed by atoms with Crippen molar-refractivity contribution in [3.8, 4) is 6.07 Å². The van der Waals surface area contributed by atoms with Crippen molar-refractivity contribution in [2.45, 2.75) is 6.16 Å². The highest BCUT2D eigenvalue weighted by Gasteiger charge is 2.14. The number of nitrogens with zero attached hydrogens (tertiary/aromatic N) is 2. The van der Waals surface area contributed by atoms with E-state index in [4.69, 9.17) is 15.0 Å². The standard InChI is InChI=1S/C7H7N2O3P/c8-4-6-2-1-3-7(9-6)5-13(10,11)12/h1-3H,5H2,(H2,10,11,12). The summed E-state index contributed by atoms with van der Waals surface area (Å²) in [5.41, 5.74) is 0.387. The minimum atomic E-state index is -4.09. The third kappa shape index (κ3) is 3.34. The summed E-state index contributed by atoms with van der Waals surface area (Å²) >= 11 is 0. The monoisotopic (exact) mass is 198 g/mol. The number of hydrogen-bond donors (Lipinski definition) is 2. The molecule has 0 bridgehead atoms. The average Bonchev–Trinajstić information content (AvgIpc) is 2.01. The zero-order valence-electron chi connectivity index (χ0n) is 6.58. The lowest BCUT2D eigenvalue weighted by atomic mass is 10.3. The fraction of sp³-hybridized carbons (Fsp3) is 0.143. The molecule has 0 atom stereocenters. The molecule has 1 heterocycles. The van der Waals surface area contributed by atoms with Gasteiger partial charge in [-0.15, -0.1) is 0 Å². The maximum absolute atomic E-state index is 10.6. The first-order chi connectivity index (χ1) is 6.01. The van der Waals surface area contributed by atoms with E-state index in [2.05, 4.69) is 4.98 Å². The lowest BCUT2D eigenvalue weighted by molar-refractivity contribution is 0.371. The van der Waals surface area contributed by atoms with Crippen LogP contribution in [0.4, 0.5) is 0 Å². The van der Waals surface area contributed by atoms with Crippen LogP contribution in [-0.2, 0) is 10.7 Å². The summed E-state index contributed by atoms with van der Waals surface area (Å²) in [7, 11) is -4.09. The Morgan fingerprint density at radius 3 is 2.77 bits per heavy atom. The van der Waals surface area contributed by atoms with Gasteiger partial charge in [0.25, 0.3) is 0 Å². The Morgan fingerprint density at radius 1 is 1.54 bits per heavy atom. The normalized spacial score (nSPS) is 10.8. The van der Waals surface area contributed by atoms with E-state index in [1.807, 2.05) is 0 Å². The lowest BCUT2D eigenvalue weighted by Gasteiger charge is -2.02. The van der Waals surface area contributed by atoms with Gasteiger partial charge in [0.05, 0.1) is 11.9 Å². The van der Waals surface area contributed by atoms with E-state index < -0.39 is 13.8 Å². The summed E-state index contributed by atoms with van der Waals surface area (Å²) in [4.78, 5) is 21.0. The van der Waals surface area contributed by atoms with Crippen molar-refractivity contribution in [1.29, 1.82) is 5.26 Å². The van der Waals surface area contributed by atoms with E-state index >= 15 is 0 Å². The Hall–Kier alpha value is -1.21. The van der Waals surface area contributed by atoms with Gasteiger partial charge in [0.15, 0.2) is 0 Å². The van der Waals surface area contributed by atoms with Crippen LogP contribution in [0.2, 0.25) is 0 Å². The van der Waals surface area contributed by atoms with Gasteiger partial charge in [-0.3, -0.25) is 4.57 Å². The van der Waals surface area contributed by atoms with Gasteiger partial charge in [0, 0.05) is 0 Å². The van der Waals surface area contributed by atoms with Crippen LogP contribution in [-0.4, -0.2) is 14.8 Å². The summed E-state index contributed by atoms with van der Waals surface area (Å²) in [5.74, 6) is 0. The molecule has 0 saturated heterocycles. The molecule has 0 aliphatic rings.